The van der Waals surface area contributed by atoms with Gasteiger partial charge in [0.2, 0.25) is 0 Å². The molecule has 0 amide bonds. The molecule has 0 aromatic carbocycles. The molecule has 0 aromatic heterocycles. The second-order valence-corrected chi connectivity index (χ2v) is 11.9. The van der Waals surface area contributed by atoms with Crippen LogP contribution in [0.5, 0.6) is 0 Å². The summed E-state index contributed by atoms with van der Waals surface area (Å²) in [6, 6.07) is 0. The van der Waals surface area contributed by atoms with Crippen LogP contribution < -0.4 is 0 Å². The molecule has 0 aliphatic carbocycles. The molecule has 0 saturated carbocycles. The van der Waals surface area contributed by atoms with Crippen LogP contribution in [0.4, 0.5) is 0 Å². The van der Waals surface area contributed by atoms with E-state index in [2.05, 4.69) is 86.8 Å². The predicted molar refractivity (Wildman–Crippen MR) is 196 cm³/mol. The highest BCUT2D eigenvalue weighted by atomic mass is 16.6. The summed E-state index contributed by atoms with van der Waals surface area (Å²) in [5, 5.41) is 9.53. The number of rotatable bonds is 32. The number of unbranched alkanes of at least 4 members (excludes halogenated alkanes) is 12. The molecular weight excluding hydrogens is 572 g/mol. The van der Waals surface area contributed by atoms with Crippen molar-refractivity contribution in [1.29, 1.82) is 0 Å². The van der Waals surface area contributed by atoms with Gasteiger partial charge in [0.05, 0.1) is 6.61 Å². The summed E-state index contributed by atoms with van der Waals surface area (Å²) in [4.78, 5) is 24.2. The standard InChI is InChI=1S/C41H68O5/c1-3-5-7-9-11-13-15-17-19-20-22-23-25-27-29-31-33-35-40(43)45-38-39(37-42)46-41(44)36-34-32-30-28-26-24-21-18-16-14-12-10-8-6-4-2/h6,8,11-14,17-19,21-23,39,42H,3-5,7,9-10,15-16,20,24-38H2,1-2H3/t39-/m0/s1. The van der Waals surface area contributed by atoms with E-state index in [9.17, 15) is 14.7 Å². The average Bonchev–Trinajstić information content (AvgIpc) is 3.06. The highest BCUT2D eigenvalue weighted by Crippen LogP contribution is 2.11. The lowest BCUT2D eigenvalue weighted by atomic mass is 10.1. The molecule has 0 spiro atoms. The molecule has 1 N–H and O–H groups in total. The van der Waals surface area contributed by atoms with Crippen molar-refractivity contribution in [2.75, 3.05) is 13.2 Å². The molecule has 0 aliphatic heterocycles. The molecule has 0 bridgehead atoms. The Labute approximate surface area is 283 Å². The predicted octanol–water partition coefficient (Wildman–Crippen LogP) is 11.4. The summed E-state index contributed by atoms with van der Waals surface area (Å²) in [5.41, 5.74) is 0. The number of carbonyl (C=O) groups excluding carboxylic acids is 2. The van der Waals surface area contributed by atoms with Gasteiger partial charge in [-0.2, -0.15) is 0 Å². The SMILES string of the molecule is CCC=CCC=CCC=CCCCCCCCC(=O)O[C@@H](CO)COC(=O)CCCCCCC=CCC=CCC=CCCCCC. The number of carbonyl (C=O) groups is 2. The molecule has 262 valence electrons. The van der Waals surface area contributed by atoms with Crippen LogP contribution in [0.25, 0.3) is 0 Å². The second kappa shape index (κ2) is 36.8. The Morgan fingerprint density at radius 1 is 0.522 bits per heavy atom. The lowest BCUT2D eigenvalue weighted by molar-refractivity contribution is -0.161. The number of esters is 2. The smallest absolute Gasteiger partial charge is 0.306 e. The zero-order chi connectivity index (χ0) is 33.6. The number of ether oxygens (including phenoxy) is 2. The quantitative estimate of drug-likeness (QED) is 0.0450. The van der Waals surface area contributed by atoms with Crippen molar-refractivity contribution >= 4 is 11.9 Å². The van der Waals surface area contributed by atoms with E-state index in [1.165, 1.54) is 25.7 Å². The van der Waals surface area contributed by atoms with Crippen LogP contribution in [0.3, 0.4) is 0 Å². The Hall–Kier alpha value is -2.66. The third-order valence-electron chi connectivity index (χ3n) is 7.48. The van der Waals surface area contributed by atoms with Gasteiger partial charge in [-0.15, -0.1) is 0 Å². The number of aliphatic hydroxyl groups excluding tert-OH is 1. The monoisotopic (exact) mass is 641 g/mol. The normalized spacial score (nSPS) is 13.0. The van der Waals surface area contributed by atoms with Crippen LogP contribution in [0.1, 0.15) is 155 Å². The fourth-order valence-corrected chi connectivity index (χ4v) is 4.69. The second-order valence-electron chi connectivity index (χ2n) is 11.9. The van der Waals surface area contributed by atoms with Gasteiger partial charge in [-0.3, -0.25) is 9.59 Å². The van der Waals surface area contributed by atoms with E-state index >= 15 is 0 Å². The Bertz CT molecular complexity index is 864. The zero-order valence-corrected chi connectivity index (χ0v) is 29.6. The molecule has 0 fully saturated rings. The van der Waals surface area contributed by atoms with Gasteiger partial charge in [-0.1, -0.05) is 132 Å². The van der Waals surface area contributed by atoms with Crippen LogP contribution >= 0.6 is 0 Å². The van der Waals surface area contributed by atoms with Crippen LogP contribution in [0, 0.1) is 0 Å². The molecule has 5 heteroatoms. The minimum atomic E-state index is -0.792. The highest BCUT2D eigenvalue weighted by Gasteiger charge is 2.16. The van der Waals surface area contributed by atoms with Crippen LogP contribution in [-0.2, 0) is 19.1 Å². The van der Waals surface area contributed by atoms with Crippen molar-refractivity contribution in [3.05, 3.63) is 72.9 Å². The Kier molecular flexibility index (Phi) is 34.7. The first-order valence-electron chi connectivity index (χ1n) is 18.5. The van der Waals surface area contributed by atoms with Gasteiger partial charge in [0, 0.05) is 12.8 Å². The summed E-state index contributed by atoms with van der Waals surface area (Å²) in [6.45, 7) is 3.94. The van der Waals surface area contributed by atoms with E-state index in [0.717, 1.165) is 103 Å². The van der Waals surface area contributed by atoms with Crippen LogP contribution in [0.15, 0.2) is 72.9 Å². The summed E-state index contributed by atoms with van der Waals surface area (Å²) < 4.78 is 10.6. The molecule has 46 heavy (non-hydrogen) atoms. The fraction of sp³-hybridized carbons (Fsp3) is 0.659. The third kappa shape index (κ3) is 34.2. The Balaban J connectivity index is 3.67. The third-order valence-corrected chi connectivity index (χ3v) is 7.48. The zero-order valence-electron chi connectivity index (χ0n) is 29.6. The van der Waals surface area contributed by atoms with Crippen LogP contribution in [0.2, 0.25) is 0 Å². The number of allylic oxidation sites excluding steroid dienone is 12. The molecule has 0 unspecified atom stereocenters. The highest BCUT2D eigenvalue weighted by molar-refractivity contribution is 5.70. The van der Waals surface area contributed by atoms with Crippen molar-refractivity contribution in [3.63, 3.8) is 0 Å². The maximum Gasteiger partial charge on any atom is 0.306 e. The lowest BCUT2D eigenvalue weighted by Crippen LogP contribution is -2.28. The van der Waals surface area contributed by atoms with E-state index in [0.29, 0.717) is 12.8 Å². The molecule has 1 atom stereocenters. The Morgan fingerprint density at radius 3 is 1.41 bits per heavy atom. The number of hydrogen-bond donors (Lipinski definition) is 1. The molecule has 0 radical (unpaired) electrons. The van der Waals surface area contributed by atoms with Crippen LogP contribution in [-0.4, -0.2) is 36.4 Å². The van der Waals surface area contributed by atoms with Crippen molar-refractivity contribution < 1.29 is 24.2 Å². The van der Waals surface area contributed by atoms with Gasteiger partial charge in [-0.05, 0) is 83.5 Å². The summed E-state index contributed by atoms with van der Waals surface area (Å²) in [6.07, 6.45) is 48.1. The summed E-state index contributed by atoms with van der Waals surface area (Å²) in [7, 11) is 0. The lowest BCUT2D eigenvalue weighted by Gasteiger charge is -2.15. The van der Waals surface area contributed by atoms with Crippen molar-refractivity contribution in [1.82, 2.24) is 0 Å². The van der Waals surface area contributed by atoms with Crippen molar-refractivity contribution in [2.45, 2.75) is 161 Å². The Morgan fingerprint density at radius 2 is 0.935 bits per heavy atom. The van der Waals surface area contributed by atoms with Gasteiger partial charge >= 0.3 is 11.9 Å². The maximum atomic E-state index is 12.1. The molecule has 0 rings (SSSR count). The fourth-order valence-electron chi connectivity index (χ4n) is 4.69. The van der Waals surface area contributed by atoms with E-state index < -0.39 is 6.10 Å². The molecule has 5 nitrogen and oxygen atoms in total. The van der Waals surface area contributed by atoms with Gasteiger partial charge in [0.1, 0.15) is 6.61 Å². The van der Waals surface area contributed by atoms with E-state index in [1.54, 1.807) is 0 Å². The van der Waals surface area contributed by atoms with Gasteiger partial charge in [0.25, 0.3) is 0 Å². The first-order valence-corrected chi connectivity index (χ1v) is 18.5. The number of aliphatic hydroxyl groups is 1. The van der Waals surface area contributed by atoms with Gasteiger partial charge in [-0.25, -0.2) is 0 Å². The average molecular weight is 641 g/mol. The molecule has 0 saturated heterocycles. The maximum absolute atomic E-state index is 12.1. The minimum Gasteiger partial charge on any atom is -0.462 e. The van der Waals surface area contributed by atoms with E-state index in [4.69, 9.17) is 9.47 Å². The van der Waals surface area contributed by atoms with E-state index in [1.807, 2.05) is 0 Å². The summed E-state index contributed by atoms with van der Waals surface area (Å²) >= 11 is 0. The first kappa shape index (κ1) is 43.3. The van der Waals surface area contributed by atoms with Crippen molar-refractivity contribution in [2.24, 2.45) is 0 Å². The van der Waals surface area contributed by atoms with Gasteiger partial charge in [0.15, 0.2) is 6.10 Å². The molecule has 0 aliphatic rings. The molecular formula is C41H68O5. The topological polar surface area (TPSA) is 72.8 Å². The molecule has 0 aromatic rings. The molecule has 0 heterocycles. The summed E-state index contributed by atoms with van der Waals surface area (Å²) in [5.74, 6) is -0.644. The number of hydrogen-bond acceptors (Lipinski definition) is 5. The van der Waals surface area contributed by atoms with E-state index in [-0.39, 0.29) is 25.2 Å². The largest absolute Gasteiger partial charge is 0.462 e. The first-order chi connectivity index (χ1) is 22.6. The minimum absolute atomic E-state index is 0.0885. The van der Waals surface area contributed by atoms with Gasteiger partial charge < -0.3 is 14.6 Å². The van der Waals surface area contributed by atoms with Crippen molar-refractivity contribution in [3.8, 4) is 0 Å².